The molecule has 0 saturated heterocycles. The van der Waals surface area contributed by atoms with Crippen LogP contribution in [0.5, 0.6) is 11.5 Å². The highest BCUT2D eigenvalue weighted by Gasteiger charge is 2.53. The first-order valence-corrected chi connectivity index (χ1v) is 24.0. The Kier molecular flexibility index (Phi) is 7.82. The molecule has 10 aromatic carbocycles. The number of fused-ring (bicyclic) bond motifs is 19. The minimum Gasteiger partial charge on any atom is -0.457 e. The highest BCUT2D eigenvalue weighted by Crippen LogP contribution is 2.65. The number of nitrogens with zero attached hydrogens (tertiary/aromatic N) is 3. The molecule has 0 amide bonds. The van der Waals surface area contributed by atoms with Gasteiger partial charge in [0.1, 0.15) is 11.5 Å². The lowest BCUT2D eigenvalue weighted by atomic mass is 9.66. The van der Waals surface area contributed by atoms with Crippen molar-refractivity contribution in [3.63, 3.8) is 0 Å². The Labute approximate surface area is 397 Å². The Bertz CT molecular complexity index is 3660. The highest BCUT2D eigenvalue weighted by atomic mass is 32.2. The number of rotatable bonds is 3. The van der Waals surface area contributed by atoms with Crippen LogP contribution in [0.1, 0.15) is 44.5 Å². The average molecular weight is 884 g/mol. The predicted molar refractivity (Wildman–Crippen MR) is 272 cm³/mol. The number of hydrogen-bond acceptors (Lipinski definition) is 5. The fourth-order valence-corrected chi connectivity index (χ4v) is 13.4. The Morgan fingerprint density at radius 1 is 0.309 bits per heavy atom. The second kappa shape index (κ2) is 14.1. The summed E-state index contributed by atoms with van der Waals surface area (Å²) < 4.78 is 6.68. The van der Waals surface area contributed by atoms with E-state index in [9.17, 15) is 0 Å². The van der Waals surface area contributed by atoms with E-state index in [1.165, 1.54) is 54.1 Å². The van der Waals surface area contributed by atoms with E-state index < -0.39 is 10.8 Å². The first-order chi connectivity index (χ1) is 33.7. The van der Waals surface area contributed by atoms with Crippen LogP contribution in [0.4, 0.5) is 0 Å². The Morgan fingerprint density at radius 3 is 1.29 bits per heavy atom. The van der Waals surface area contributed by atoms with Crippen molar-refractivity contribution < 1.29 is 4.74 Å². The smallest absolute Gasteiger partial charge is 0.164 e. The zero-order valence-corrected chi connectivity index (χ0v) is 37.3. The summed E-state index contributed by atoms with van der Waals surface area (Å²) in [6.07, 6.45) is 0. The largest absolute Gasteiger partial charge is 0.457 e. The van der Waals surface area contributed by atoms with E-state index in [1.54, 1.807) is 0 Å². The molecule has 2 aliphatic heterocycles. The van der Waals surface area contributed by atoms with Crippen LogP contribution >= 0.6 is 11.8 Å². The molecular formula is C63H37N3OS. The molecule has 4 nitrogen and oxygen atoms in total. The van der Waals surface area contributed by atoms with E-state index in [-0.39, 0.29) is 0 Å². The van der Waals surface area contributed by atoms with Crippen LogP contribution in [0, 0.1) is 0 Å². The Morgan fingerprint density at radius 2 is 0.721 bits per heavy atom. The van der Waals surface area contributed by atoms with Crippen molar-refractivity contribution in [2.75, 3.05) is 0 Å². The first-order valence-electron chi connectivity index (χ1n) is 23.2. The van der Waals surface area contributed by atoms with E-state index >= 15 is 0 Å². The van der Waals surface area contributed by atoms with Crippen LogP contribution < -0.4 is 4.74 Å². The normalized spacial score (nSPS) is 14.5. The van der Waals surface area contributed by atoms with Gasteiger partial charge in [0.05, 0.1) is 10.8 Å². The molecule has 2 aliphatic carbocycles. The van der Waals surface area contributed by atoms with Gasteiger partial charge in [-0.3, -0.25) is 0 Å². The molecule has 0 N–H and O–H groups in total. The lowest BCUT2D eigenvalue weighted by Crippen LogP contribution is -2.32. The zero-order valence-electron chi connectivity index (χ0n) is 36.5. The molecule has 4 aliphatic rings. The van der Waals surface area contributed by atoms with E-state index in [0.717, 1.165) is 61.4 Å². The number of para-hydroxylation sites is 2. The van der Waals surface area contributed by atoms with Crippen molar-refractivity contribution in [3.05, 3.63) is 269 Å². The predicted octanol–water partition coefficient (Wildman–Crippen LogP) is 15.3. The van der Waals surface area contributed by atoms with E-state index in [4.69, 9.17) is 19.7 Å². The van der Waals surface area contributed by atoms with Crippen LogP contribution in [0.25, 0.3) is 67.2 Å². The van der Waals surface area contributed by atoms with Gasteiger partial charge in [-0.25, -0.2) is 15.0 Å². The molecule has 5 heteroatoms. The molecular weight excluding hydrogens is 847 g/mol. The highest BCUT2D eigenvalue weighted by molar-refractivity contribution is 7.99. The molecule has 1 aromatic heterocycles. The molecule has 0 saturated carbocycles. The lowest BCUT2D eigenvalue weighted by molar-refractivity contribution is 0.436. The number of aromatic nitrogens is 3. The van der Waals surface area contributed by atoms with Gasteiger partial charge >= 0.3 is 0 Å². The van der Waals surface area contributed by atoms with Crippen LogP contribution in [-0.4, -0.2) is 15.0 Å². The van der Waals surface area contributed by atoms with Crippen LogP contribution in [-0.2, 0) is 10.8 Å². The van der Waals surface area contributed by atoms with Gasteiger partial charge in [-0.15, -0.1) is 0 Å². The average Bonchev–Trinajstić information content (AvgIpc) is 3.87. The molecule has 15 rings (SSSR count). The maximum Gasteiger partial charge on any atom is 0.164 e. The van der Waals surface area contributed by atoms with Gasteiger partial charge in [-0.1, -0.05) is 206 Å². The second-order valence-corrected chi connectivity index (χ2v) is 19.2. The molecule has 0 bridgehead atoms. The summed E-state index contributed by atoms with van der Waals surface area (Å²) in [7, 11) is 0. The van der Waals surface area contributed by atoms with E-state index in [1.807, 2.05) is 11.8 Å². The van der Waals surface area contributed by atoms with Gasteiger partial charge < -0.3 is 4.74 Å². The summed E-state index contributed by atoms with van der Waals surface area (Å²) in [5, 5.41) is 2.30. The van der Waals surface area contributed by atoms with Gasteiger partial charge in [0.2, 0.25) is 0 Å². The summed E-state index contributed by atoms with van der Waals surface area (Å²) in [6.45, 7) is 0. The van der Waals surface area contributed by atoms with Crippen LogP contribution in [0.3, 0.4) is 0 Å². The molecule has 0 unspecified atom stereocenters. The van der Waals surface area contributed by atoms with Gasteiger partial charge in [-0.05, 0) is 96.7 Å². The third kappa shape index (κ3) is 4.93. The summed E-state index contributed by atoms with van der Waals surface area (Å²) >= 11 is 1.86. The fourth-order valence-electron chi connectivity index (χ4n) is 12.3. The molecule has 11 aromatic rings. The molecule has 68 heavy (non-hydrogen) atoms. The first kappa shape index (κ1) is 37.8. The van der Waals surface area contributed by atoms with Gasteiger partial charge in [0.15, 0.2) is 17.5 Å². The Hall–Kier alpha value is -8.38. The Balaban J connectivity index is 1.02. The fraction of sp³-hybridized carbons (Fsp3) is 0.0317. The van der Waals surface area contributed by atoms with Crippen LogP contribution in [0.15, 0.2) is 234 Å². The quantitative estimate of drug-likeness (QED) is 0.177. The second-order valence-electron chi connectivity index (χ2n) is 18.1. The molecule has 316 valence electrons. The third-order valence-electron chi connectivity index (χ3n) is 14.9. The zero-order chi connectivity index (χ0) is 44.6. The molecule has 3 heterocycles. The third-order valence-corrected chi connectivity index (χ3v) is 16.0. The summed E-state index contributed by atoms with van der Waals surface area (Å²) in [4.78, 5) is 19.2. The van der Waals surface area contributed by atoms with Crippen molar-refractivity contribution in [2.45, 2.75) is 20.6 Å². The summed E-state index contributed by atoms with van der Waals surface area (Å²) in [5.74, 6) is 3.60. The summed E-state index contributed by atoms with van der Waals surface area (Å²) in [5.41, 5.74) is 16.0. The minimum absolute atomic E-state index is 0.536. The van der Waals surface area contributed by atoms with Crippen molar-refractivity contribution in [2.24, 2.45) is 0 Å². The SMILES string of the molecule is c1ccc2c(c1)Oc1ccccc1C21c2ccccc2-c2c(-c3nc(-c4ccc5ccccc5c4)nc(-c4cccc5c4-c4ccccc4C54c5ccccc5Sc5ccccc54)n3)cccc21. The van der Waals surface area contributed by atoms with E-state index in [0.29, 0.717) is 17.5 Å². The standard InChI is InChI=1S/C63H37N3OS/c1-2-18-39-37-40(36-35-38(39)17-1)59-64-60(43-21-15-29-51-57(43)41-19-3-5-23-45(41)62(51)47-25-7-11-31-53(47)67-54-32-12-8-26-48(54)62)66-61(65-59)44-22-16-30-52-58(44)42-20-4-6-24-46(42)63(52)49-27-9-13-33-55(49)68-56-34-14-10-28-50(56)63/h1-37H. The van der Waals surface area contributed by atoms with Gasteiger partial charge in [0.25, 0.3) is 0 Å². The van der Waals surface area contributed by atoms with Crippen molar-refractivity contribution in [1.82, 2.24) is 15.0 Å². The van der Waals surface area contributed by atoms with Crippen molar-refractivity contribution in [1.29, 1.82) is 0 Å². The van der Waals surface area contributed by atoms with Gasteiger partial charge in [-0.2, -0.15) is 0 Å². The molecule has 2 spiro atoms. The van der Waals surface area contributed by atoms with Crippen molar-refractivity contribution >= 4 is 22.5 Å². The number of ether oxygens (including phenoxy) is 1. The van der Waals surface area contributed by atoms with Gasteiger partial charge in [0, 0.05) is 37.6 Å². The topological polar surface area (TPSA) is 47.9 Å². The molecule has 0 fully saturated rings. The van der Waals surface area contributed by atoms with E-state index in [2.05, 4.69) is 224 Å². The molecule has 0 radical (unpaired) electrons. The monoisotopic (exact) mass is 883 g/mol. The summed E-state index contributed by atoms with van der Waals surface area (Å²) in [6, 6.07) is 81.1. The lowest BCUT2D eigenvalue weighted by Gasteiger charge is -2.39. The number of benzene rings is 10. The maximum atomic E-state index is 6.68. The molecule has 0 atom stereocenters. The van der Waals surface area contributed by atoms with Crippen molar-refractivity contribution in [3.8, 4) is 67.9 Å². The minimum atomic E-state index is -0.631. The maximum absolute atomic E-state index is 6.68. The van der Waals surface area contributed by atoms with Crippen LogP contribution in [0.2, 0.25) is 0 Å². The number of hydrogen-bond donors (Lipinski definition) is 0.